The molecule has 0 spiro atoms. The van der Waals surface area contributed by atoms with E-state index in [1.807, 2.05) is 0 Å². The van der Waals surface area contributed by atoms with E-state index in [-0.39, 0.29) is 21.1 Å². The first-order chi connectivity index (χ1) is 12.3. The summed E-state index contributed by atoms with van der Waals surface area (Å²) in [5.74, 6) is 0. The third kappa shape index (κ3) is 3.54. The molecule has 2 rings (SSSR count). The highest BCUT2D eigenvalue weighted by molar-refractivity contribution is 7.16. The minimum atomic E-state index is -6.13. The van der Waals surface area contributed by atoms with Crippen molar-refractivity contribution in [2.24, 2.45) is 0 Å². The standard InChI is InChI=1S/C14H7Cl2F6NO3S/c15-9-5(11-7(3-24)23-8(4-25)27-11)1-2-6(10(9)16)12(26,13(17,18)19)14(20,21)22/h1-2,4,24,26H,3H2. The molecule has 0 radical (unpaired) electrons. The van der Waals surface area contributed by atoms with Gasteiger partial charge in [0.2, 0.25) is 0 Å². The Hall–Kier alpha value is -1.40. The van der Waals surface area contributed by atoms with Crippen LogP contribution < -0.4 is 0 Å². The van der Waals surface area contributed by atoms with E-state index in [2.05, 4.69) is 4.98 Å². The van der Waals surface area contributed by atoms with Gasteiger partial charge in [0.25, 0.3) is 5.60 Å². The molecule has 13 heteroatoms. The topological polar surface area (TPSA) is 70.4 Å². The molecule has 2 N–H and O–H groups in total. The summed E-state index contributed by atoms with van der Waals surface area (Å²) in [6.45, 7) is -0.676. The Morgan fingerprint density at radius 1 is 1.07 bits per heavy atom. The van der Waals surface area contributed by atoms with E-state index in [4.69, 9.17) is 23.2 Å². The van der Waals surface area contributed by atoms with Crippen LogP contribution in [0.25, 0.3) is 10.4 Å². The van der Waals surface area contributed by atoms with Crippen molar-refractivity contribution in [3.63, 3.8) is 0 Å². The second-order valence-corrected chi connectivity index (χ2v) is 6.89. The van der Waals surface area contributed by atoms with Crippen LogP contribution in [0.4, 0.5) is 26.3 Å². The van der Waals surface area contributed by atoms with E-state index in [9.17, 15) is 41.4 Å². The number of rotatable bonds is 4. The van der Waals surface area contributed by atoms with Gasteiger partial charge in [-0.2, -0.15) is 26.3 Å². The summed E-state index contributed by atoms with van der Waals surface area (Å²) in [5.41, 5.74) is -7.19. The minimum absolute atomic E-state index is 0.0283. The highest BCUT2D eigenvalue weighted by Crippen LogP contribution is 2.53. The molecule has 1 aromatic carbocycles. The van der Waals surface area contributed by atoms with Gasteiger partial charge in [0.05, 0.1) is 27.2 Å². The molecular weight excluding hydrogens is 447 g/mol. The van der Waals surface area contributed by atoms with Crippen LogP contribution in [-0.2, 0) is 12.2 Å². The molecule has 1 aromatic heterocycles. The lowest BCUT2D eigenvalue weighted by atomic mass is 9.91. The monoisotopic (exact) mass is 453 g/mol. The van der Waals surface area contributed by atoms with Crippen LogP contribution >= 0.6 is 34.5 Å². The molecule has 0 aliphatic carbocycles. The van der Waals surface area contributed by atoms with Crippen LogP contribution in [0.5, 0.6) is 0 Å². The highest BCUT2D eigenvalue weighted by atomic mass is 35.5. The third-order valence-electron chi connectivity index (χ3n) is 3.50. The van der Waals surface area contributed by atoms with E-state index in [0.29, 0.717) is 23.7 Å². The van der Waals surface area contributed by atoms with Crippen molar-refractivity contribution in [2.75, 3.05) is 0 Å². The van der Waals surface area contributed by atoms with Gasteiger partial charge in [-0.15, -0.1) is 11.3 Å². The summed E-state index contributed by atoms with van der Waals surface area (Å²) in [6, 6.07) is 1.08. The number of aliphatic hydroxyl groups is 2. The van der Waals surface area contributed by atoms with Gasteiger partial charge in [-0.3, -0.25) is 4.79 Å². The van der Waals surface area contributed by atoms with Crippen LogP contribution in [0.2, 0.25) is 10.0 Å². The van der Waals surface area contributed by atoms with Gasteiger partial charge in [0.1, 0.15) is 0 Å². The molecule has 2 aromatic rings. The zero-order valence-corrected chi connectivity index (χ0v) is 14.9. The van der Waals surface area contributed by atoms with Crippen molar-refractivity contribution in [1.82, 2.24) is 4.98 Å². The average molecular weight is 454 g/mol. The van der Waals surface area contributed by atoms with Gasteiger partial charge < -0.3 is 10.2 Å². The molecule has 1 heterocycles. The average Bonchev–Trinajstić information content (AvgIpc) is 2.97. The molecule has 0 amide bonds. The van der Waals surface area contributed by atoms with E-state index < -0.39 is 40.2 Å². The van der Waals surface area contributed by atoms with Gasteiger partial charge in [0, 0.05) is 11.1 Å². The Kier molecular flexibility index (Phi) is 5.84. The summed E-state index contributed by atoms with van der Waals surface area (Å²) in [4.78, 5) is 14.6. The van der Waals surface area contributed by atoms with E-state index in [0.717, 1.165) is 6.07 Å². The number of nitrogens with zero attached hydrogens (tertiary/aromatic N) is 1. The van der Waals surface area contributed by atoms with E-state index in [1.165, 1.54) is 0 Å². The van der Waals surface area contributed by atoms with Gasteiger partial charge in [-0.1, -0.05) is 35.3 Å². The van der Waals surface area contributed by atoms with Crippen molar-refractivity contribution in [2.45, 2.75) is 24.6 Å². The summed E-state index contributed by atoms with van der Waals surface area (Å²) in [5, 5.41) is 16.7. The van der Waals surface area contributed by atoms with Crippen molar-refractivity contribution < 1.29 is 41.4 Å². The number of benzene rings is 1. The van der Waals surface area contributed by atoms with Crippen LogP contribution in [-0.4, -0.2) is 33.8 Å². The lowest BCUT2D eigenvalue weighted by Gasteiger charge is -2.33. The first-order valence-electron chi connectivity index (χ1n) is 6.70. The summed E-state index contributed by atoms with van der Waals surface area (Å²) >= 11 is 12.2. The van der Waals surface area contributed by atoms with E-state index in [1.54, 1.807) is 0 Å². The fraction of sp³-hybridized carbons (Fsp3) is 0.286. The van der Waals surface area contributed by atoms with Gasteiger partial charge in [0.15, 0.2) is 11.3 Å². The molecule has 148 valence electrons. The molecule has 4 nitrogen and oxygen atoms in total. The first-order valence-corrected chi connectivity index (χ1v) is 8.27. The van der Waals surface area contributed by atoms with Crippen LogP contribution in [0.1, 0.15) is 21.1 Å². The van der Waals surface area contributed by atoms with Crippen molar-refractivity contribution in [1.29, 1.82) is 0 Å². The number of hydrogen-bond acceptors (Lipinski definition) is 5. The fourth-order valence-corrected chi connectivity index (χ4v) is 3.75. The van der Waals surface area contributed by atoms with Gasteiger partial charge in [-0.05, 0) is 0 Å². The number of thiazole rings is 1. The van der Waals surface area contributed by atoms with Crippen LogP contribution in [0.3, 0.4) is 0 Å². The zero-order chi connectivity index (χ0) is 20.8. The van der Waals surface area contributed by atoms with Gasteiger partial charge >= 0.3 is 12.4 Å². The Morgan fingerprint density at radius 2 is 1.63 bits per heavy atom. The summed E-state index contributed by atoms with van der Waals surface area (Å²) < 4.78 is 78.2. The molecule has 0 bridgehead atoms. The van der Waals surface area contributed by atoms with Gasteiger partial charge in [-0.25, -0.2) is 4.98 Å². The third-order valence-corrected chi connectivity index (χ3v) is 5.44. The first kappa shape index (κ1) is 21.9. The Morgan fingerprint density at radius 3 is 2.07 bits per heavy atom. The van der Waals surface area contributed by atoms with Crippen molar-refractivity contribution in [3.8, 4) is 10.4 Å². The van der Waals surface area contributed by atoms with Crippen LogP contribution in [0, 0.1) is 0 Å². The molecule has 0 saturated carbocycles. The predicted octanol–water partition coefficient (Wildman–Crippen LogP) is 4.73. The van der Waals surface area contributed by atoms with E-state index >= 15 is 0 Å². The fourth-order valence-electron chi connectivity index (χ4n) is 2.21. The number of carbonyl (C=O) groups is 1. The number of aliphatic hydroxyl groups excluding tert-OH is 1. The second kappa shape index (κ2) is 7.21. The molecule has 0 unspecified atom stereocenters. The second-order valence-electron chi connectivity index (χ2n) is 5.10. The lowest BCUT2D eigenvalue weighted by molar-refractivity contribution is -0.376. The Bertz CT molecular complexity index is 867. The Labute approximate surface area is 161 Å². The molecular formula is C14H7Cl2F6NO3S. The summed E-state index contributed by atoms with van der Waals surface area (Å²) in [6.07, 6.45) is -11.9. The SMILES string of the molecule is O=Cc1nc(CO)c(-c2ccc(C(O)(C(F)(F)F)C(F)(F)F)c(Cl)c2Cl)s1. The lowest BCUT2D eigenvalue weighted by Crippen LogP contribution is -2.54. The summed E-state index contributed by atoms with van der Waals surface area (Å²) in [7, 11) is 0. The number of carbonyl (C=O) groups excluding carboxylic acids is 1. The molecule has 27 heavy (non-hydrogen) atoms. The van der Waals surface area contributed by atoms with Crippen molar-refractivity contribution >= 4 is 40.8 Å². The maximum absolute atomic E-state index is 13.0. The Balaban J connectivity index is 2.75. The predicted molar refractivity (Wildman–Crippen MR) is 84.9 cm³/mol. The molecule has 0 aliphatic rings. The zero-order valence-electron chi connectivity index (χ0n) is 12.6. The van der Waals surface area contributed by atoms with Crippen LogP contribution in [0.15, 0.2) is 12.1 Å². The maximum Gasteiger partial charge on any atom is 0.430 e. The quantitative estimate of drug-likeness (QED) is 0.518. The number of aromatic nitrogens is 1. The largest absolute Gasteiger partial charge is 0.430 e. The number of alkyl halides is 6. The molecule has 0 saturated heterocycles. The number of halogens is 8. The smallest absolute Gasteiger partial charge is 0.390 e. The highest BCUT2D eigenvalue weighted by Gasteiger charge is 2.72. The maximum atomic E-state index is 13.0. The molecule has 0 atom stereocenters. The number of hydrogen-bond donors (Lipinski definition) is 2. The van der Waals surface area contributed by atoms with Crippen molar-refractivity contribution in [3.05, 3.63) is 38.4 Å². The minimum Gasteiger partial charge on any atom is -0.390 e. The molecule has 0 fully saturated rings. The normalized spacial score (nSPS) is 13.1. The molecule has 0 aliphatic heterocycles. The number of aldehydes is 1.